The summed E-state index contributed by atoms with van der Waals surface area (Å²) >= 11 is 0. The first-order valence-corrected chi connectivity index (χ1v) is 6.41. The van der Waals surface area contributed by atoms with E-state index in [9.17, 15) is 0 Å². The van der Waals surface area contributed by atoms with Gasteiger partial charge < -0.3 is 10.2 Å². The van der Waals surface area contributed by atoms with Crippen LogP contribution in [0.3, 0.4) is 0 Å². The third-order valence-electron chi connectivity index (χ3n) is 3.17. The maximum absolute atomic E-state index is 5.73. The van der Waals surface area contributed by atoms with Crippen molar-refractivity contribution in [3.8, 4) is 0 Å². The first-order valence-electron chi connectivity index (χ1n) is 6.41. The van der Waals surface area contributed by atoms with Gasteiger partial charge in [-0.1, -0.05) is 29.8 Å². The molecule has 19 heavy (non-hydrogen) atoms. The Hall–Kier alpha value is -2.29. The molecule has 1 heterocycles. The maximum Gasteiger partial charge on any atom is 0.195 e. The lowest BCUT2D eigenvalue weighted by Gasteiger charge is -1.99. The average Bonchev–Trinajstić information content (AvgIpc) is 2.78. The Balaban J connectivity index is 1.78. The van der Waals surface area contributed by atoms with Gasteiger partial charge in [0.25, 0.3) is 0 Å². The van der Waals surface area contributed by atoms with Crippen LogP contribution in [0.1, 0.15) is 17.0 Å². The van der Waals surface area contributed by atoms with Crippen LogP contribution in [0.25, 0.3) is 11.1 Å². The molecule has 0 aliphatic heterocycles. The topological polar surface area (TPSA) is 52.0 Å². The van der Waals surface area contributed by atoms with Gasteiger partial charge in [0.05, 0.1) is 0 Å². The zero-order valence-corrected chi connectivity index (χ0v) is 10.9. The monoisotopic (exact) mass is 252 g/mol. The number of anilines is 1. The number of nitrogens with two attached hydrogens (primary N) is 1. The molecule has 0 radical (unpaired) electrons. The summed E-state index contributed by atoms with van der Waals surface area (Å²) < 4.78 is 5.71. The van der Waals surface area contributed by atoms with Crippen LogP contribution in [-0.2, 0) is 12.8 Å². The molecular formula is C16H16N2O. The lowest BCUT2D eigenvalue weighted by Crippen LogP contribution is -1.91. The summed E-state index contributed by atoms with van der Waals surface area (Å²) in [6.07, 6.45) is 1.74. The van der Waals surface area contributed by atoms with Crippen LogP contribution in [0.4, 0.5) is 5.69 Å². The number of hydrogen-bond acceptors (Lipinski definition) is 3. The van der Waals surface area contributed by atoms with Crippen molar-refractivity contribution in [2.75, 3.05) is 5.73 Å². The highest BCUT2D eigenvalue weighted by atomic mass is 16.3. The Kier molecular flexibility index (Phi) is 2.95. The van der Waals surface area contributed by atoms with E-state index in [0.717, 1.165) is 29.8 Å². The van der Waals surface area contributed by atoms with Crippen LogP contribution in [0.2, 0.25) is 0 Å². The van der Waals surface area contributed by atoms with Crippen molar-refractivity contribution in [2.24, 2.45) is 0 Å². The van der Waals surface area contributed by atoms with Crippen molar-refractivity contribution in [3.63, 3.8) is 0 Å². The highest BCUT2D eigenvalue weighted by Crippen LogP contribution is 2.19. The van der Waals surface area contributed by atoms with Crippen molar-refractivity contribution < 1.29 is 4.42 Å². The molecule has 96 valence electrons. The van der Waals surface area contributed by atoms with Crippen LogP contribution >= 0.6 is 0 Å². The number of aromatic nitrogens is 1. The smallest absolute Gasteiger partial charge is 0.195 e. The summed E-state index contributed by atoms with van der Waals surface area (Å²) in [6, 6.07) is 14.1. The lowest BCUT2D eigenvalue weighted by molar-refractivity contribution is 0.528. The van der Waals surface area contributed by atoms with Crippen molar-refractivity contribution in [1.29, 1.82) is 0 Å². The molecule has 0 unspecified atom stereocenters. The summed E-state index contributed by atoms with van der Waals surface area (Å²) in [5.41, 5.74) is 10.6. The van der Waals surface area contributed by atoms with Crippen molar-refractivity contribution in [3.05, 3.63) is 59.5 Å². The third-order valence-corrected chi connectivity index (χ3v) is 3.17. The van der Waals surface area contributed by atoms with E-state index in [1.807, 2.05) is 18.2 Å². The maximum atomic E-state index is 5.73. The first-order chi connectivity index (χ1) is 9.20. The predicted octanol–water partition coefficient (Wildman–Crippen LogP) is 3.50. The number of benzene rings is 2. The van der Waals surface area contributed by atoms with Gasteiger partial charge in [-0.05, 0) is 31.0 Å². The minimum Gasteiger partial charge on any atom is -0.441 e. The largest absolute Gasteiger partial charge is 0.441 e. The normalized spacial score (nSPS) is 11.0. The molecule has 0 spiro atoms. The standard InChI is InChI=1S/C16H16N2O/c1-11-3-2-4-12(9-11)5-8-16-18-14-7-6-13(17)10-15(14)19-16/h2-4,6-7,9-10H,5,8,17H2,1H3. The van der Waals surface area contributed by atoms with E-state index in [-0.39, 0.29) is 0 Å². The molecule has 2 N–H and O–H groups in total. The predicted molar refractivity (Wildman–Crippen MR) is 77.0 cm³/mol. The third kappa shape index (κ3) is 2.60. The molecule has 0 atom stereocenters. The number of nitrogen functional groups attached to an aromatic ring is 1. The van der Waals surface area contributed by atoms with Gasteiger partial charge in [-0.3, -0.25) is 0 Å². The van der Waals surface area contributed by atoms with Crippen LogP contribution in [-0.4, -0.2) is 4.98 Å². The molecular weight excluding hydrogens is 236 g/mol. The molecule has 0 bridgehead atoms. The fourth-order valence-electron chi connectivity index (χ4n) is 2.21. The molecule has 0 amide bonds. The Morgan fingerprint density at radius 3 is 2.84 bits per heavy atom. The van der Waals surface area contributed by atoms with E-state index in [4.69, 9.17) is 10.2 Å². The summed E-state index contributed by atoms with van der Waals surface area (Å²) in [5.74, 6) is 0.766. The second-order valence-corrected chi connectivity index (χ2v) is 4.82. The molecule has 2 aromatic carbocycles. The number of hydrogen-bond donors (Lipinski definition) is 1. The highest BCUT2D eigenvalue weighted by Gasteiger charge is 2.06. The van der Waals surface area contributed by atoms with E-state index < -0.39 is 0 Å². The quantitative estimate of drug-likeness (QED) is 0.726. The zero-order valence-electron chi connectivity index (χ0n) is 10.9. The number of nitrogens with zero attached hydrogens (tertiary/aromatic N) is 1. The van der Waals surface area contributed by atoms with Gasteiger partial charge >= 0.3 is 0 Å². The van der Waals surface area contributed by atoms with Gasteiger partial charge in [0.2, 0.25) is 0 Å². The minimum atomic E-state index is 0.703. The van der Waals surface area contributed by atoms with E-state index >= 15 is 0 Å². The first kappa shape index (κ1) is 11.8. The Bertz CT molecular complexity index is 716. The summed E-state index contributed by atoms with van der Waals surface area (Å²) in [4.78, 5) is 4.47. The Labute approximate surface area is 112 Å². The van der Waals surface area contributed by atoms with Gasteiger partial charge in [-0.15, -0.1) is 0 Å². The molecule has 0 saturated heterocycles. The van der Waals surface area contributed by atoms with Gasteiger partial charge in [-0.25, -0.2) is 4.98 Å². The van der Waals surface area contributed by atoms with E-state index in [2.05, 4.69) is 36.2 Å². The number of rotatable bonds is 3. The summed E-state index contributed by atoms with van der Waals surface area (Å²) in [7, 11) is 0. The van der Waals surface area contributed by atoms with E-state index in [0.29, 0.717) is 5.69 Å². The van der Waals surface area contributed by atoms with Crippen LogP contribution < -0.4 is 5.73 Å². The highest BCUT2D eigenvalue weighted by molar-refractivity contribution is 5.76. The molecule has 0 saturated carbocycles. The van der Waals surface area contributed by atoms with Crippen LogP contribution in [0.15, 0.2) is 46.9 Å². The molecule has 0 aliphatic rings. The number of fused-ring (bicyclic) bond motifs is 1. The lowest BCUT2D eigenvalue weighted by atomic mass is 10.1. The van der Waals surface area contributed by atoms with Gasteiger partial charge in [0.15, 0.2) is 11.5 Å². The molecule has 3 aromatic rings. The minimum absolute atomic E-state index is 0.703. The van der Waals surface area contributed by atoms with Crippen molar-refractivity contribution in [2.45, 2.75) is 19.8 Å². The Morgan fingerprint density at radius 1 is 1.11 bits per heavy atom. The zero-order chi connectivity index (χ0) is 13.2. The molecule has 0 fully saturated rings. The second-order valence-electron chi connectivity index (χ2n) is 4.82. The van der Waals surface area contributed by atoms with Crippen molar-refractivity contribution >= 4 is 16.8 Å². The van der Waals surface area contributed by atoms with Gasteiger partial charge in [-0.2, -0.15) is 0 Å². The molecule has 3 nitrogen and oxygen atoms in total. The molecule has 3 rings (SSSR count). The fourth-order valence-corrected chi connectivity index (χ4v) is 2.21. The van der Waals surface area contributed by atoms with Gasteiger partial charge in [0, 0.05) is 18.2 Å². The molecule has 3 heteroatoms. The summed E-state index contributed by atoms with van der Waals surface area (Å²) in [6.45, 7) is 2.10. The van der Waals surface area contributed by atoms with Crippen LogP contribution in [0.5, 0.6) is 0 Å². The molecule has 1 aromatic heterocycles. The van der Waals surface area contributed by atoms with Crippen LogP contribution in [0, 0.1) is 6.92 Å². The number of aryl methyl sites for hydroxylation is 3. The summed E-state index contributed by atoms with van der Waals surface area (Å²) in [5, 5.41) is 0. The van der Waals surface area contributed by atoms with Gasteiger partial charge in [0.1, 0.15) is 5.52 Å². The second kappa shape index (κ2) is 4.76. The average molecular weight is 252 g/mol. The Morgan fingerprint density at radius 2 is 2.00 bits per heavy atom. The fraction of sp³-hybridized carbons (Fsp3) is 0.188. The molecule has 0 aliphatic carbocycles. The van der Waals surface area contributed by atoms with E-state index in [1.54, 1.807) is 0 Å². The SMILES string of the molecule is Cc1cccc(CCc2nc3ccc(N)cc3o2)c1. The number of oxazole rings is 1. The van der Waals surface area contributed by atoms with Crippen molar-refractivity contribution in [1.82, 2.24) is 4.98 Å². The van der Waals surface area contributed by atoms with E-state index in [1.165, 1.54) is 11.1 Å².